The number of hydrogen-bond acceptors (Lipinski definition) is 6. The largest absolute Gasteiger partial charge is 0.376 e. The molecule has 108 valence electrons. The van der Waals surface area contributed by atoms with Gasteiger partial charge in [-0.2, -0.15) is 0 Å². The van der Waals surface area contributed by atoms with Gasteiger partial charge in [0.1, 0.15) is 6.10 Å². The number of nitrogens with zero attached hydrogens (tertiary/aromatic N) is 3. The van der Waals surface area contributed by atoms with Crippen molar-refractivity contribution in [1.82, 2.24) is 4.98 Å². The quantitative estimate of drug-likeness (QED) is 0.601. The molecule has 0 bridgehead atoms. The first-order valence-electron chi connectivity index (χ1n) is 6.59. The van der Waals surface area contributed by atoms with Crippen molar-refractivity contribution in [3.05, 3.63) is 28.4 Å². The Kier molecular flexibility index (Phi) is 3.10. The van der Waals surface area contributed by atoms with Crippen LogP contribution in [0.5, 0.6) is 0 Å². The molecule has 0 spiro atoms. The van der Waals surface area contributed by atoms with Gasteiger partial charge >= 0.3 is 5.69 Å². The minimum atomic E-state index is -0.393. The Balaban J connectivity index is 2.01. The number of hydrogen-bond donors (Lipinski definition) is 0. The fraction of sp³-hybridized carbons (Fsp3) is 0.615. The molecule has 20 heavy (non-hydrogen) atoms. The molecule has 2 atom stereocenters. The summed E-state index contributed by atoms with van der Waals surface area (Å²) in [5, 5.41) is 11.2. The molecule has 7 heteroatoms. The van der Waals surface area contributed by atoms with Crippen LogP contribution in [0.2, 0.25) is 0 Å². The Morgan fingerprint density at radius 1 is 1.50 bits per heavy atom. The van der Waals surface area contributed by atoms with Gasteiger partial charge in [-0.1, -0.05) is 0 Å². The normalized spacial score (nSPS) is 28.2. The molecular formula is C13H17N3O4. The molecule has 2 aliphatic rings. The topological polar surface area (TPSA) is 77.7 Å². The number of pyridine rings is 1. The summed E-state index contributed by atoms with van der Waals surface area (Å²) in [4.78, 5) is 17.0. The molecule has 0 amide bonds. The summed E-state index contributed by atoms with van der Waals surface area (Å²) >= 11 is 0. The van der Waals surface area contributed by atoms with Crippen molar-refractivity contribution < 1.29 is 14.4 Å². The van der Waals surface area contributed by atoms with E-state index in [0.717, 1.165) is 0 Å². The van der Waals surface area contributed by atoms with E-state index in [0.29, 0.717) is 25.6 Å². The van der Waals surface area contributed by atoms with Crippen LogP contribution < -0.4 is 4.90 Å². The third kappa shape index (κ3) is 2.23. The predicted molar refractivity (Wildman–Crippen MR) is 71.8 cm³/mol. The summed E-state index contributed by atoms with van der Waals surface area (Å²) in [5.41, 5.74) is -0.365. The first kappa shape index (κ1) is 13.3. The zero-order valence-corrected chi connectivity index (χ0v) is 11.5. The second kappa shape index (κ2) is 4.68. The van der Waals surface area contributed by atoms with E-state index in [4.69, 9.17) is 9.47 Å². The van der Waals surface area contributed by atoms with Gasteiger partial charge in [0.15, 0.2) is 0 Å². The van der Waals surface area contributed by atoms with Gasteiger partial charge in [-0.05, 0) is 19.9 Å². The van der Waals surface area contributed by atoms with Crippen LogP contribution >= 0.6 is 0 Å². The molecule has 1 aromatic heterocycles. The molecule has 1 aromatic rings. The Hall–Kier alpha value is -1.73. The molecule has 2 aliphatic heterocycles. The molecule has 0 N–H and O–H groups in total. The van der Waals surface area contributed by atoms with E-state index in [9.17, 15) is 10.1 Å². The fourth-order valence-electron chi connectivity index (χ4n) is 2.89. The average molecular weight is 279 g/mol. The van der Waals surface area contributed by atoms with E-state index >= 15 is 0 Å². The van der Waals surface area contributed by atoms with Crippen LogP contribution in [0, 0.1) is 10.1 Å². The van der Waals surface area contributed by atoms with Gasteiger partial charge in [0, 0.05) is 18.8 Å². The number of rotatable bonds is 2. The summed E-state index contributed by atoms with van der Waals surface area (Å²) in [5.74, 6) is 0.398. The minimum absolute atomic E-state index is 0.0170. The number of ether oxygens (including phenoxy) is 2. The van der Waals surface area contributed by atoms with Crippen LogP contribution in [-0.2, 0) is 9.47 Å². The van der Waals surface area contributed by atoms with Gasteiger partial charge in [0.2, 0.25) is 5.82 Å². The third-order valence-electron chi connectivity index (χ3n) is 3.66. The highest BCUT2D eigenvalue weighted by Crippen LogP contribution is 2.36. The molecule has 0 saturated carbocycles. The molecule has 3 heterocycles. The van der Waals surface area contributed by atoms with Crippen LogP contribution in [0.4, 0.5) is 11.5 Å². The van der Waals surface area contributed by atoms with Gasteiger partial charge in [0.25, 0.3) is 0 Å². The summed E-state index contributed by atoms with van der Waals surface area (Å²) in [7, 11) is 0. The molecule has 0 aliphatic carbocycles. The number of anilines is 1. The first-order valence-corrected chi connectivity index (χ1v) is 6.59. The zero-order valence-electron chi connectivity index (χ0n) is 11.5. The van der Waals surface area contributed by atoms with E-state index < -0.39 is 4.92 Å². The smallest absolute Gasteiger partial charge is 0.311 e. The van der Waals surface area contributed by atoms with Crippen LogP contribution in [-0.4, -0.2) is 47.4 Å². The van der Waals surface area contributed by atoms with Crippen molar-refractivity contribution in [2.24, 2.45) is 0 Å². The Bertz CT molecular complexity index is 534. The van der Waals surface area contributed by atoms with Crippen molar-refractivity contribution in [2.75, 3.05) is 24.7 Å². The predicted octanol–water partition coefficient (Wildman–Crippen LogP) is 1.37. The summed E-state index contributed by atoms with van der Waals surface area (Å²) in [6, 6.07) is 3.04. The maximum atomic E-state index is 11.2. The van der Waals surface area contributed by atoms with E-state index in [1.54, 1.807) is 12.3 Å². The second-order valence-corrected chi connectivity index (χ2v) is 5.75. The highest BCUT2D eigenvalue weighted by Gasteiger charge is 2.46. The maximum Gasteiger partial charge on any atom is 0.311 e. The average Bonchev–Trinajstić information content (AvgIpc) is 2.84. The van der Waals surface area contributed by atoms with Crippen LogP contribution in [0.3, 0.4) is 0 Å². The lowest BCUT2D eigenvalue weighted by molar-refractivity contribution is -0.384. The van der Waals surface area contributed by atoms with Gasteiger partial charge in [-0.3, -0.25) is 10.1 Å². The summed E-state index contributed by atoms with van der Waals surface area (Å²) < 4.78 is 11.5. The Morgan fingerprint density at radius 2 is 2.30 bits per heavy atom. The highest BCUT2D eigenvalue weighted by molar-refractivity contribution is 5.58. The molecule has 7 nitrogen and oxygen atoms in total. The molecule has 0 radical (unpaired) electrons. The molecule has 2 saturated heterocycles. The minimum Gasteiger partial charge on any atom is -0.376 e. The number of fused-ring (bicyclic) bond motifs is 1. The standard InChI is InChI=1S/C13H17N3O4/c1-13(2)8-15(10-6-19-7-11(10)20-13)12-9(16(17)18)4-3-5-14-12/h3-5,10-11H,6-8H2,1-2H3/t10-,11-/m1/s1. The van der Waals surface area contributed by atoms with Crippen LogP contribution in [0.1, 0.15) is 13.8 Å². The molecule has 0 unspecified atom stereocenters. The Labute approximate surface area is 116 Å². The van der Waals surface area contributed by atoms with E-state index in [1.807, 2.05) is 18.7 Å². The van der Waals surface area contributed by atoms with E-state index in [2.05, 4.69) is 4.98 Å². The lowest BCUT2D eigenvalue weighted by Crippen LogP contribution is -2.59. The monoisotopic (exact) mass is 279 g/mol. The van der Waals surface area contributed by atoms with Gasteiger partial charge in [-0.25, -0.2) is 4.98 Å². The van der Waals surface area contributed by atoms with Crippen molar-refractivity contribution >= 4 is 11.5 Å². The molecule has 3 rings (SSSR count). The lowest BCUT2D eigenvalue weighted by Gasteiger charge is -2.45. The number of nitro groups is 1. The van der Waals surface area contributed by atoms with Crippen molar-refractivity contribution in [2.45, 2.75) is 31.6 Å². The second-order valence-electron chi connectivity index (χ2n) is 5.75. The molecular weight excluding hydrogens is 262 g/mol. The SMILES string of the molecule is CC1(C)CN(c2ncccc2[N+](=O)[O-])[C@@H]2COC[C@H]2O1. The zero-order chi connectivity index (χ0) is 14.3. The number of aromatic nitrogens is 1. The fourth-order valence-corrected chi connectivity index (χ4v) is 2.89. The molecule has 0 aromatic carbocycles. The van der Waals surface area contributed by atoms with E-state index in [1.165, 1.54) is 6.07 Å². The third-order valence-corrected chi connectivity index (χ3v) is 3.66. The van der Waals surface area contributed by atoms with Crippen LogP contribution in [0.15, 0.2) is 18.3 Å². The maximum absolute atomic E-state index is 11.2. The molecule has 2 fully saturated rings. The van der Waals surface area contributed by atoms with E-state index in [-0.39, 0.29) is 23.4 Å². The lowest BCUT2D eigenvalue weighted by atomic mass is 10.0. The summed E-state index contributed by atoms with van der Waals surface area (Å²) in [6.07, 6.45) is 1.51. The van der Waals surface area contributed by atoms with Crippen molar-refractivity contribution in [3.8, 4) is 0 Å². The summed E-state index contributed by atoms with van der Waals surface area (Å²) in [6.45, 7) is 5.53. The highest BCUT2D eigenvalue weighted by atomic mass is 16.6. The van der Waals surface area contributed by atoms with Gasteiger partial charge in [-0.15, -0.1) is 0 Å². The van der Waals surface area contributed by atoms with Gasteiger partial charge in [0.05, 0.1) is 29.8 Å². The first-order chi connectivity index (χ1) is 9.48. The Morgan fingerprint density at radius 3 is 3.05 bits per heavy atom. The van der Waals surface area contributed by atoms with Crippen molar-refractivity contribution in [1.29, 1.82) is 0 Å². The van der Waals surface area contributed by atoms with Gasteiger partial charge < -0.3 is 14.4 Å². The van der Waals surface area contributed by atoms with Crippen LogP contribution in [0.25, 0.3) is 0 Å². The van der Waals surface area contributed by atoms with Crippen molar-refractivity contribution in [3.63, 3.8) is 0 Å². The number of morpholine rings is 1.